The van der Waals surface area contributed by atoms with Crippen LogP contribution in [0, 0.1) is 18.3 Å². The molecular weight excluding hydrogens is 330 g/mol. The Morgan fingerprint density at radius 2 is 2.35 bits per heavy atom. The van der Waals surface area contributed by atoms with Crippen LogP contribution in [0.2, 0.25) is 5.02 Å². The lowest BCUT2D eigenvalue weighted by Crippen LogP contribution is -1.91. The Kier molecular flexibility index (Phi) is 4.51. The van der Waals surface area contributed by atoms with Crippen molar-refractivity contribution in [3.63, 3.8) is 0 Å². The van der Waals surface area contributed by atoms with Crippen LogP contribution < -0.4 is 0 Å². The van der Waals surface area contributed by atoms with Crippen molar-refractivity contribution in [1.82, 2.24) is 15.2 Å². The van der Waals surface area contributed by atoms with Gasteiger partial charge in [0.25, 0.3) is 0 Å². The zero-order valence-electron chi connectivity index (χ0n) is 12.2. The molecular formula is C16H12ClN5S. The summed E-state index contributed by atoms with van der Waals surface area (Å²) in [6, 6.07) is 9.69. The van der Waals surface area contributed by atoms with Gasteiger partial charge in [0, 0.05) is 17.7 Å². The highest BCUT2D eigenvalue weighted by atomic mass is 35.5. The molecule has 2 heterocycles. The van der Waals surface area contributed by atoms with E-state index in [9.17, 15) is 5.26 Å². The van der Waals surface area contributed by atoms with Gasteiger partial charge in [0.1, 0.15) is 11.6 Å². The molecule has 114 valence electrons. The molecule has 0 aliphatic rings. The number of halogens is 1. The van der Waals surface area contributed by atoms with Crippen LogP contribution in [0.25, 0.3) is 0 Å². The van der Waals surface area contributed by atoms with Gasteiger partial charge in [-0.3, -0.25) is 5.10 Å². The molecule has 3 aromatic rings. The van der Waals surface area contributed by atoms with Crippen LogP contribution in [0.3, 0.4) is 0 Å². The zero-order valence-corrected chi connectivity index (χ0v) is 13.8. The number of nitrogens with zero attached hydrogens (tertiary/aromatic N) is 4. The van der Waals surface area contributed by atoms with E-state index in [0.717, 1.165) is 21.8 Å². The Labute approximate surface area is 142 Å². The first kappa shape index (κ1) is 15.4. The maximum atomic E-state index is 9.41. The molecule has 0 amide bonds. The molecule has 2 aromatic heterocycles. The van der Waals surface area contributed by atoms with Gasteiger partial charge in [0.15, 0.2) is 5.82 Å². The van der Waals surface area contributed by atoms with Crippen molar-refractivity contribution in [2.75, 3.05) is 0 Å². The van der Waals surface area contributed by atoms with Gasteiger partial charge in [0.05, 0.1) is 21.8 Å². The van der Waals surface area contributed by atoms with E-state index in [4.69, 9.17) is 11.6 Å². The number of aliphatic imine (C=N–C) groups is 1. The number of benzene rings is 1. The molecule has 0 aliphatic carbocycles. The molecule has 7 heteroatoms. The standard InChI is InChI=1S/C16H12ClN5S/c1-10-15(23-9-20-10)8-19-16-13(7-18)14(21-22-16)6-11-3-2-4-12(17)5-11/h2-5,8-9H,6H2,1H3,(H,21,22). The minimum atomic E-state index is 0.386. The van der Waals surface area contributed by atoms with Crippen molar-refractivity contribution in [2.45, 2.75) is 13.3 Å². The molecule has 23 heavy (non-hydrogen) atoms. The second-order valence-corrected chi connectivity index (χ2v) is 6.20. The highest BCUT2D eigenvalue weighted by Crippen LogP contribution is 2.22. The number of H-pyrrole nitrogens is 1. The van der Waals surface area contributed by atoms with Gasteiger partial charge in [-0.2, -0.15) is 10.4 Å². The van der Waals surface area contributed by atoms with Gasteiger partial charge >= 0.3 is 0 Å². The number of aromatic nitrogens is 3. The summed E-state index contributed by atoms with van der Waals surface area (Å²) in [4.78, 5) is 9.43. The van der Waals surface area contributed by atoms with E-state index < -0.39 is 0 Å². The van der Waals surface area contributed by atoms with Crippen LogP contribution >= 0.6 is 22.9 Å². The van der Waals surface area contributed by atoms with Crippen LogP contribution in [0.1, 0.15) is 27.4 Å². The van der Waals surface area contributed by atoms with Crippen molar-refractivity contribution < 1.29 is 0 Å². The quantitative estimate of drug-likeness (QED) is 0.727. The van der Waals surface area contributed by atoms with E-state index in [0.29, 0.717) is 22.8 Å². The molecule has 0 saturated carbocycles. The van der Waals surface area contributed by atoms with Crippen LogP contribution in [0.4, 0.5) is 5.82 Å². The lowest BCUT2D eigenvalue weighted by atomic mass is 10.1. The minimum absolute atomic E-state index is 0.386. The monoisotopic (exact) mass is 341 g/mol. The number of nitrogens with one attached hydrogen (secondary N) is 1. The summed E-state index contributed by atoms with van der Waals surface area (Å²) >= 11 is 7.49. The van der Waals surface area contributed by atoms with Gasteiger partial charge in [0.2, 0.25) is 0 Å². The van der Waals surface area contributed by atoms with Gasteiger partial charge in [-0.15, -0.1) is 11.3 Å². The average molecular weight is 342 g/mol. The number of rotatable bonds is 4. The van der Waals surface area contributed by atoms with E-state index >= 15 is 0 Å². The topological polar surface area (TPSA) is 77.7 Å². The number of aromatic amines is 1. The van der Waals surface area contributed by atoms with Gasteiger partial charge in [-0.05, 0) is 24.6 Å². The van der Waals surface area contributed by atoms with Gasteiger partial charge in [-0.1, -0.05) is 23.7 Å². The molecule has 1 N–H and O–H groups in total. The van der Waals surface area contributed by atoms with Gasteiger partial charge < -0.3 is 0 Å². The number of aryl methyl sites for hydroxylation is 1. The first-order valence-electron chi connectivity index (χ1n) is 6.83. The minimum Gasteiger partial charge on any atom is -0.279 e. The number of hydrogen-bond donors (Lipinski definition) is 1. The Bertz CT molecular complexity index is 903. The molecule has 0 saturated heterocycles. The highest BCUT2D eigenvalue weighted by Gasteiger charge is 2.13. The summed E-state index contributed by atoms with van der Waals surface area (Å²) in [6.45, 7) is 1.91. The average Bonchev–Trinajstić information content (AvgIpc) is 3.11. The summed E-state index contributed by atoms with van der Waals surface area (Å²) < 4.78 is 0. The first-order chi connectivity index (χ1) is 11.2. The number of thiazole rings is 1. The Hall–Kier alpha value is -2.49. The number of hydrogen-bond acceptors (Lipinski definition) is 5. The van der Waals surface area contributed by atoms with Crippen molar-refractivity contribution >= 4 is 35.0 Å². The molecule has 0 fully saturated rings. The first-order valence-corrected chi connectivity index (χ1v) is 8.09. The Morgan fingerprint density at radius 1 is 1.48 bits per heavy atom. The van der Waals surface area contributed by atoms with Crippen LogP contribution in [0.15, 0.2) is 34.8 Å². The summed E-state index contributed by atoms with van der Waals surface area (Å²) in [5.41, 5.74) is 4.85. The molecule has 3 rings (SSSR count). The molecule has 0 bridgehead atoms. The largest absolute Gasteiger partial charge is 0.279 e. The predicted octanol–water partition coefficient (Wildman–Crippen LogP) is 4.04. The predicted molar refractivity (Wildman–Crippen MR) is 91.7 cm³/mol. The second-order valence-electron chi connectivity index (χ2n) is 4.88. The third-order valence-corrected chi connectivity index (χ3v) is 4.39. The lowest BCUT2D eigenvalue weighted by molar-refractivity contribution is 0.993. The molecule has 0 radical (unpaired) electrons. The Morgan fingerprint density at radius 3 is 3.04 bits per heavy atom. The normalized spacial score (nSPS) is 11.0. The zero-order chi connectivity index (χ0) is 16.2. The van der Waals surface area contributed by atoms with E-state index in [1.807, 2.05) is 31.2 Å². The third-order valence-electron chi connectivity index (χ3n) is 3.29. The van der Waals surface area contributed by atoms with Gasteiger partial charge in [-0.25, -0.2) is 9.98 Å². The molecule has 0 atom stereocenters. The van der Waals surface area contributed by atoms with Crippen molar-refractivity contribution in [3.8, 4) is 6.07 Å². The summed E-state index contributed by atoms with van der Waals surface area (Å²) in [5, 5.41) is 17.1. The maximum absolute atomic E-state index is 9.41. The van der Waals surface area contributed by atoms with Crippen molar-refractivity contribution in [1.29, 1.82) is 5.26 Å². The highest BCUT2D eigenvalue weighted by molar-refractivity contribution is 7.11. The SMILES string of the molecule is Cc1ncsc1C=Nc1n[nH]c(Cc2cccc(Cl)c2)c1C#N. The fourth-order valence-electron chi connectivity index (χ4n) is 2.11. The molecule has 5 nitrogen and oxygen atoms in total. The van der Waals surface area contributed by atoms with E-state index in [-0.39, 0.29) is 0 Å². The van der Waals surface area contributed by atoms with Crippen molar-refractivity contribution in [2.24, 2.45) is 4.99 Å². The summed E-state index contributed by atoms with van der Waals surface area (Å²) in [5.74, 6) is 0.386. The Balaban J connectivity index is 1.87. The van der Waals surface area contributed by atoms with E-state index in [1.54, 1.807) is 11.7 Å². The van der Waals surface area contributed by atoms with Crippen LogP contribution in [0.5, 0.6) is 0 Å². The van der Waals surface area contributed by atoms with E-state index in [1.165, 1.54) is 11.3 Å². The van der Waals surface area contributed by atoms with Crippen LogP contribution in [-0.2, 0) is 6.42 Å². The molecule has 0 unspecified atom stereocenters. The molecule has 0 spiro atoms. The fraction of sp³-hybridized carbons (Fsp3) is 0.125. The molecule has 1 aromatic carbocycles. The fourth-order valence-corrected chi connectivity index (χ4v) is 2.99. The molecule has 0 aliphatic heterocycles. The summed E-state index contributed by atoms with van der Waals surface area (Å²) in [7, 11) is 0. The third kappa shape index (κ3) is 3.47. The van der Waals surface area contributed by atoms with Crippen molar-refractivity contribution in [3.05, 3.63) is 62.2 Å². The maximum Gasteiger partial charge on any atom is 0.191 e. The van der Waals surface area contributed by atoms with E-state index in [2.05, 4.69) is 26.2 Å². The second kappa shape index (κ2) is 6.73. The number of nitriles is 1. The summed E-state index contributed by atoms with van der Waals surface area (Å²) in [6.07, 6.45) is 2.23. The lowest BCUT2D eigenvalue weighted by Gasteiger charge is -2.00. The van der Waals surface area contributed by atoms with Crippen LogP contribution in [-0.4, -0.2) is 21.4 Å². The smallest absolute Gasteiger partial charge is 0.191 e.